The smallest absolute Gasteiger partial charge is 0.234 e. The summed E-state index contributed by atoms with van der Waals surface area (Å²) in [6.07, 6.45) is 2.42. The van der Waals surface area contributed by atoms with Crippen LogP contribution in [0.2, 0.25) is 0 Å². The van der Waals surface area contributed by atoms with Gasteiger partial charge in [0.2, 0.25) is 11.0 Å². The third-order valence-corrected chi connectivity index (χ3v) is 8.77. The summed E-state index contributed by atoms with van der Waals surface area (Å²) in [6, 6.07) is 13.0. The van der Waals surface area contributed by atoms with Gasteiger partial charge < -0.3 is 15.5 Å². The Hall–Kier alpha value is -3.40. The Labute approximate surface area is 235 Å². The minimum absolute atomic E-state index is 0.0498. The Morgan fingerprint density at radius 2 is 2.16 bits per heavy atom. The molecule has 1 aliphatic carbocycles. The molecule has 2 aromatic heterocycles. The van der Waals surface area contributed by atoms with Crippen LogP contribution < -0.4 is 16.0 Å². The number of nitriles is 1. The lowest BCUT2D eigenvalue weighted by molar-refractivity contribution is -0.118. The van der Waals surface area contributed by atoms with Crippen LogP contribution in [0.15, 0.2) is 78.6 Å². The highest BCUT2D eigenvalue weighted by atomic mass is 79.9. The number of nitrogens with one attached hydrogen (secondary N) is 1. The number of rotatable bonds is 6. The highest BCUT2D eigenvalue weighted by molar-refractivity contribution is 9.10. The zero-order valence-electron chi connectivity index (χ0n) is 20.5. The molecule has 1 atom stereocenters. The summed E-state index contributed by atoms with van der Waals surface area (Å²) in [5.74, 6) is -0.0805. The first kappa shape index (κ1) is 26.2. The van der Waals surface area contributed by atoms with Crippen LogP contribution in [-0.4, -0.2) is 27.6 Å². The fourth-order valence-corrected chi connectivity index (χ4v) is 6.79. The molecule has 3 N–H and O–H groups in total. The number of nitrogens with zero attached hydrogens (tertiary/aromatic N) is 4. The lowest BCUT2D eigenvalue weighted by Crippen LogP contribution is -2.42. The summed E-state index contributed by atoms with van der Waals surface area (Å²) in [4.78, 5) is 27.6. The molecule has 38 heavy (non-hydrogen) atoms. The van der Waals surface area contributed by atoms with Gasteiger partial charge in [0.05, 0.1) is 29.6 Å². The van der Waals surface area contributed by atoms with E-state index in [1.807, 2.05) is 38.1 Å². The number of anilines is 2. The second-order valence-electron chi connectivity index (χ2n) is 9.69. The number of carbonyl (C=O) groups excluding carboxylic acids is 2. The average Bonchev–Trinajstić information content (AvgIpc) is 3.54. The van der Waals surface area contributed by atoms with Gasteiger partial charge in [-0.3, -0.25) is 14.5 Å². The minimum atomic E-state index is -0.673. The topological polar surface area (TPSA) is 138 Å². The van der Waals surface area contributed by atoms with Crippen molar-refractivity contribution in [2.45, 2.75) is 36.9 Å². The summed E-state index contributed by atoms with van der Waals surface area (Å²) >= 11 is 5.89. The van der Waals surface area contributed by atoms with Crippen molar-refractivity contribution in [3.05, 3.63) is 75.6 Å². The molecule has 1 aliphatic heterocycles. The number of thioether (sulfide) groups is 1. The van der Waals surface area contributed by atoms with Gasteiger partial charge in [-0.2, -0.15) is 5.26 Å². The number of benzene rings is 1. The van der Waals surface area contributed by atoms with Crippen LogP contribution in [0.1, 0.15) is 38.4 Å². The molecule has 1 aromatic carbocycles. The summed E-state index contributed by atoms with van der Waals surface area (Å²) < 4.78 is 7.07. The lowest BCUT2D eigenvalue weighted by atomic mass is 9.69. The van der Waals surface area contributed by atoms with Gasteiger partial charge in [0, 0.05) is 27.9 Å². The van der Waals surface area contributed by atoms with Crippen molar-refractivity contribution in [1.82, 2.24) is 10.2 Å². The molecule has 0 spiro atoms. The van der Waals surface area contributed by atoms with E-state index in [9.17, 15) is 14.9 Å². The van der Waals surface area contributed by atoms with Crippen LogP contribution in [0, 0.1) is 16.7 Å². The van der Waals surface area contributed by atoms with Gasteiger partial charge in [-0.15, -0.1) is 10.2 Å². The molecule has 3 heterocycles. The third kappa shape index (κ3) is 5.14. The van der Waals surface area contributed by atoms with Crippen molar-refractivity contribution < 1.29 is 14.0 Å². The van der Waals surface area contributed by atoms with Crippen LogP contribution in [0.25, 0.3) is 0 Å². The fraction of sp³-hybridized carbons (Fsp3) is 0.269. The molecule has 0 bridgehead atoms. The van der Waals surface area contributed by atoms with Crippen LogP contribution in [0.5, 0.6) is 0 Å². The zero-order valence-corrected chi connectivity index (χ0v) is 23.7. The number of Topliss-reactive ketones (excluding diaryl/α,β-unsaturated/α-hetero) is 1. The van der Waals surface area contributed by atoms with Gasteiger partial charge in [-0.1, -0.05) is 58.9 Å². The fourth-order valence-electron chi connectivity index (χ4n) is 4.71. The Kier molecular flexibility index (Phi) is 7.17. The molecular weight excluding hydrogens is 588 g/mol. The van der Waals surface area contributed by atoms with E-state index in [-0.39, 0.29) is 34.3 Å². The number of hydrogen-bond donors (Lipinski definition) is 2. The molecule has 0 fully saturated rings. The number of allylic oxidation sites excluding steroid dienone is 3. The molecule has 1 amide bonds. The Bertz CT molecular complexity index is 1520. The molecule has 1 unspecified atom stereocenters. The van der Waals surface area contributed by atoms with Crippen molar-refractivity contribution in [1.29, 1.82) is 5.26 Å². The predicted molar refractivity (Wildman–Crippen MR) is 149 cm³/mol. The number of nitrogens with two attached hydrogens (primary N) is 1. The zero-order chi connectivity index (χ0) is 27.0. The molecular formula is C26H23BrN6O3S2. The van der Waals surface area contributed by atoms with Crippen molar-refractivity contribution >= 4 is 61.5 Å². The lowest BCUT2D eigenvalue weighted by Gasteiger charge is -2.42. The first-order valence-electron chi connectivity index (χ1n) is 11.7. The first-order chi connectivity index (χ1) is 18.2. The van der Waals surface area contributed by atoms with Gasteiger partial charge in [0.1, 0.15) is 11.6 Å². The molecule has 0 saturated heterocycles. The second-order valence-corrected chi connectivity index (χ2v) is 12.8. The summed E-state index contributed by atoms with van der Waals surface area (Å²) in [7, 11) is 0. The monoisotopic (exact) mass is 610 g/mol. The van der Waals surface area contributed by atoms with Crippen LogP contribution >= 0.6 is 39.0 Å². The van der Waals surface area contributed by atoms with E-state index in [0.29, 0.717) is 45.0 Å². The van der Waals surface area contributed by atoms with Gasteiger partial charge in [0.15, 0.2) is 10.1 Å². The molecule has 194 valence electrons. The van der Waals surface area contributed by atoms with Gasteiger partial charge in [-0.05, 0) is 42.2 Å². The Balaban J connectivity index is 1.44. The maximum atomic E-state index is 13.5. The standard InChI is InChI=1S/C26H23BrN6O3S2/c1-26(2)10-17-22(18(34)11-26)21(19-7-4-8-36-19)16(12-28)23(29)33(17)24-31-32-25(38-24)37-13-20(35)30-15-6-3-5-14(27)9-15/h3-9,21H,10-11,13,29H2,1-2H3,(H,30,35). The van der Waals surface area contributed by atoms with E-state index in [2.05, 4.69) is 37.5 Å². The van der Waals surface area contributed by atoms with Crippen LogP contribution in [-0.2, 0) is 9.59 Å². The summed E-state index contributed by atoms with van der Waals surface area (Å²) in [5.41, 5.74) is 8.40. The molecule has 2 aliphatic rings. The molecule has 0 saturated carbocycles. The number of aromatic nitrogens is 2. The maximum absolute atomic E-state index is 13.5. The largest absolute Gasteiger partial charge is 0.468 e. The van der Waals surface area contributed by atoms with Crippen molar-refractivity contribution in [3.63, 3.8) is 0 Å². The normalized spacial score (nSPS) is 18.8. The van der Waals surface area contributed by atoms with E-state index < -0.39 is 5.92 Å². The number of amides is 1. The van der Waals surface area contributed by atoms with E-state index in [0.717, 1.165) is 4.47 Å². The van der Waals surface area contributed by atoms with Gasteiger partial charge >= 0.3 is 0 Å². The molecule has 9 nitrogen and oxygen atoms in total. The van der Waals surface area contributed by atoms with Crippen molar-refractivity contribution in [2.24, 2.45) is 11.1 Å². The van der Waals surface area contributed by atoms with E-state index in [1.165, 1.54) is 29.4 Å². The maximum Gasteiger partial charge on any atom is 0.234 e. The first-order valence-corrected chi connectivity index (χ1v) is 14.3. The number of furan rings is 1. The quantitative estimate of drug-likeness (QED) is 0.343. The van der Waals surface area contributed by atoms with E-state index >= 15 is 0 Å². The SMILES string of the molecule is CC1(C)CC(=O)C2=C(C1)N(c1nnc(SCC(=O)Nc3cccc(Br)c3)s1)C(N)=C(C#N)C2c1ccco1. The molecule has 3 aromatic rings. The Morgan fingerprint density at radius 1 is 1.34 bits per heavy atom. The molecule has 12 heteroatoms. The summed E-state index contributed by atoms with van der Waals surface area (Å²) in [5, 5.41) is 21.9. The third-order valence-electron chi connectivity index (χ3n) is 6.23. The minimum Gasteiger partial charge on any atom is -0.468 e. The average molecular weight is 612 g/mol. The number of hydrogen-bond acceptors (Lipinski definition) is 10. The molecule has 0 radical (unpaired) electrons. The van der Waals surface area contributed by atoms with Crippen molar-refractivity contribution in [3.8, 4) is 6.07 Å². The molecule has 5 rings (SSSR count). The number of ketones is 1. The van der Waals surface area contributed by atoms with Crippen LogP contribution in [0.4, 0.5) is 10.8 Å². The number of halogens is 1. The number of carbonyl (C=O) groups is 2. The van der Waals surface area contributed by atoms with E-state index in [4.69, 9.17) is 10.2 Å². The van der Waals surface area contributed by atoms with Crippen molar-refractivity contribution in [2.75, 3.05) is 16.0 Å². The van der Waals surface area contributed by atoms with E-state index in [1.54, 1.807) is 17.0 Å². The van der Waals surface area contributed by atoms with Crippen LogP contribution in [0.3, 0.4) is 0 Å². The van der Waals surface area contributed by atoms with Gasteiger partial charge in [0.25, 0.3) is 0 Å². The van der Waals surface area contributed by atoms with Gasteiger partial charge in [-0.25, -0.2) is 0 Å². The second kappa shape index (κ2) is 10.4. The predicted octanol–water partition coefficient (Wildman–Crippen LogP) is 5.57. The Morgan fingerprint density at radius 3 is 2.87 bits per heavy atom. The summed E-state index contributed by atoms with van der Waals surface area (Å²) in [6.45, 7) is 4.06. The highest BCUT2D eigenvalue weighted by Gasteiger charge is 2.46. The highest BCUT2D eigenvalue weighted by Crippen LogP contribution is 2.50.